The highest BCUT2D eigenvalue weighted by Gasteiger charge is 2.21. The van der Waals surface area contributed by atoms with E-state index in [1.165, 1.54) is 31.0 Å². The maximum Gasteiger partial charge on any atom is 0.196 e. The molecule has 0 spiro atoms. The lowest BCUT2D eigenvalue weighted by Gasteiger charge is -2.26. The van der Waals surface area contributed by atoms with Crippen LogP contribution in [-0.4, -0.2) is 48.9 Å². The molecule has 182 valence electrons. The Morgan fingerprint density at radius 1 is 1.00 bits per heavy atom. The van der Waals surface area contributed by atoms with Gasteiger partial charge in [-0.05, 0) is 70.1 Å². The molecule has 0 radical (unpaired) electrons. The van der Waals surface area contributed by atoms with Crippen LogP contribution in [-0.2, 0) is 13.1 Å². The Morgan fingerprint density at radius 3 is 2.54 bits per heavy atom. The quantitative estimate of drug-likeness (QED) is 0.235. The molecular formula is C27H31N5O2S. The van der Waals surface area contributed by atoms with E-state index < -0.39 is 0 Å². The Hall–Kier alpha value is -3.10. The zero-order valence-electron chi connectivity index (χ0n) is 20.3. The summed E-state index contributed by atoms with van der Waals surface area (Å²) in [5, 5.41) is 9.79. The summed E-state index contributed by atoms with van der Waals surface area (Å²) < 4.78 is 9.73. The van der Waals surface area contributed by atoms with Crippen LogP contribution in [0.5, 0.6) is 0 Å². The standard InChI is InChI=1S/C27H31N5O2S/c1-20-16-24(21(2)31(20)17-23-12-9-15-34-23)25(33)19-35-27-29-28-26(18-30-13-7-4-8-14-30)32(27)22-10-5-3-6-11-22/h3,5-6,9-12,15-16H,4,7-8,13-14,17-19H2,1-2H3. The van der Waals surface area contributed by atoms with Gasteiger partial charge in [-0.15, -0.1) is 10.2 Å². The third-order valence-electron chi connectivity index (χ3n) is 6.63. The summed E-state index contributed by atoms with van der Waals surface area (Å²) in [4.78, 5) is 15.7. The average Bonchev–Trinajstić information content (AvgIpc) is 3.60. The lowest BCUT2D eigenvalue weighted by atomic mass is 10.1. The van der Waals surface area contributed by atoms with E-state index in [1.807, 2.05) is 50.2 Å². The van der Waals surface area contributed by atoms with Crippen LogP contribution in [0.25, 0.3) is 5.69 Å². The molecule has 1 fully saturated rings. The molecule has 0 atom stereocenters. The van der Waals surface area contributed by atoms with E-state index in [0.717, 1.165) is 59.0 Å². The lowest BCUT2D eigenvalue weighted by molar-refractivity contribution is 0.102. The summed E-state index contributed by atoms with van der Waals surface area (Å²) in [5.74, 6) is 2.19. The third kappa shape index (κ3) is 5.28. The molecule has 35 heavy (non-hydrogen) atoms. The van der Waals surface area contributed by atoms with Gasteiger partial charge in [0.1, 0.15) is 5.76 Å². The largest absolute Gasteiger partial charge is 0.467 e. The van der Waals surface area contributed by atoms with Gasteiger partial charge >= 0.3 is 0 Å². The molecule has 4 heterocycles. The van der Waals surface area contributed by atoms with Gasteiger partial charge in [-0.3, -0.25) is 14.3 Å². The van der Waals surface area contributed by atoms with Crippen molar-refractivity contribution < 1.29 is 9.21 Å². The van der Waals surface area contributed by atoms with E-state index in [0.29, 0.717) is 12.3 Å². The van der Waals surface area contributed by atoms with Gasteiger partial charge in [0.25, 0.3) is 0 Å². The topological polar surface area (TPSA) is 69.1 Å². The first kappa shape index (κ1) is 23.6. The van der Waals surface area contributed by atoms with Gasteiger partial charge in [0.15, 0.2) is 16.8 Å². The molecule has 3 aromatic heterocycles. The van der Waals surface area contributed by atoms with Crippen LogP contribution in [0.2, 0.25) is 0 Å². The van der Waals surface area contributed by atoms with Gasteiger partial charge in [-0.2, -0.15) is 0 Å². The number of benzene rings is 1. The fourth-order valence-electron chi connectivity index (χ4n) is 4.74. The number of aromatic nitrogens is 4. The highest BCUT2D eigenvalue weighted by molar-refractivity contribution is 7.99. The SMILES string of the molecule is Cc1cc(C(=O)CSc2nnc(CN3CCCCC3)n2-c2ccccc2)c(C)n1Cc1ccco1. The second-order valence-corrected chi connectivity index (χ2v) is 10.0. The van der Waals surface area contributed by atoms with E-state index >= 15 is 0 Å². The van der Waals surface area contributed by atoms with Crippen LogP contribution < -0.4 is 0 Å². The minimum Gasteiger partial charge on any atom is -0.467 e. The molecule has 0 amide bonds. The Labute approximate surface area is 210 Å². The van der Waals surface area contributed by atoms with Crippen molar-refractivity contribution in [3.63, 3.8) is 0 Å². The normalized spacial score (nSPS) is 14.5. The van der Waals surface area contributed by atoms with Gasteiger partial charge < -0.3 is 8.98 Å². The lowest BCUT2D eigenvalue weighted by Crippen LogP contribution is -2.30. The number of likely N-dealkylation sites (tertiary alicyclic amines) is 1. The molecule has 1 saturated heterocycles. The van der Waals surface area contributed by atoms with Crippen molar-refractivity contribution in [3.8, 4) is 5.69 Å². The number of para-hydroxylation sites is 1. The number of thioether (sulfide) groups is 1. The van der Waals surface area contributed by atoms with Crippen molar-refractivity contribution in [1.29, 1.82) is 0 Å². The molecule has 0 N–H and O–H groups in total. The number of Topliss-reactive ketones (excluding diaryl/α,β-unsaturated/α-hetero) is 1. The monoisotopic (exact) mass is 489 g/mol. The maximum absolute atomic E-state index is 13.3. The summed E-state index contributed by atoms with van der Waals surface area (Å²) >= 11 is 1.45. The van der Waals surface area contributed by atoms with E-state index in [9.17, 15) is 4.79 Å². The minimum absolute atomic E-state index is 0.0917. The van der Waals surface area contributed by atoms with Gasteiger partial charge in [-0.25, -0.2) is 0 Å². The molecule has 0 aliphatic carbocycles. The predicted octanol–water partition coefficient (Wildman–Crippen LogP) is 5.29. The minimum atomic E-state index is 0.0917. The number of carbonyl (C=O) groups excluding carboxylic acids is 1. The molecule has 5 rings (SSSR count). The van der Waals surface area contributed by atoms with Crippen molar-refractivity contribution >= 4 is 17.5 Å². The fraction of sp³-hybridized carbons (Fsp3) is 0.370. The summed E-state index contributed by atoms with van der Waals surface area (Å²) in [6.45, 7) is 7.60. The number of nitrogens with zero attached hydrogens (tertiary/aromatic N) is 5. The first-order chi connectivity index (χ1) is 17.1. The van der Waals surface area contributed by atoms with Crippen LogP contribution in [0.3, 0.4) is 0 Å². The van der Waals surface area contributed by atoms with Crippen LogP contribution in [0.4, 0.5) is 0 Å². The van der Waals surface area contributed by atoms with Crippen molar-refractivity contribution in [2.75, 3.05) is 18.8 Å². The summed E-state index contributed by atoms with van der Waals surface area (Å²) in [6.07, 6.45) is 5.43. The Morgan fingerprint density at radius 2 is 1.80 bits per heavy atom. The van der Waals surface area contributed by atoms with Gasteiger partial charge in [0.05, 0.1) is 25.1 Å². The summed E-state index contributed by atoms with van der Waals surface area (Å²) in [5.41, 5.74) is 3.78. The second kappa shape index (κ2) is 10.7. The molecule has 1 aliphatic rings. The molecule has 0 bridgehead atoms. The number of carbonyl (C=O) groups is 1. The number of piperidine rings is 1. The first-order valence-corrected chi connectivity index (χ1v) is 13.2. The van der Waals surface area contributed by atoms with Gasteiger partial charge in [0, 0.05) is 22.6 Å². The molecule has 1 aliphatic heterocycles. The van der Waals surface area contributed by atoms with E-state index in [2.05, 4.69) is 36.4 Å². The maximum atomic E-state index is 13.3. The molecule has 0 unspecified atom stereocenters. The summed E-state index contributed by atoms with van der Waals surface area (Å²) in [6, 6.07) is 16.0. The van der Waals surface area contributed by atoms with Crippen LogP contribution in [0, 0.1) is 13.8 Å². The predicted molar refractivity (Wildman–Crippen MR) is 137 cm³/mol. The Kier molecular flexibility index (Phi) is 7.20. The van der Waals surface area contributed by atoms with E-state index in [1.54, 1.807) is 6.26 Å². The highest BCUT2D eigenvalue weighted by atomic mass is 32.2. The number of furan rings is 1. The first-order valence-electron chi connectivity index (χ1n) is 12.2. The highest BCUT2D eigenvalue weighted by Crippen LogP contribution is 2.26. The van der Waals surface area contributed by atoms with Gasteiger partial charge in [-0.1, -0.05) is 36.4 Å². The number of hydrogen-bond acceptors (Lipinski definition) is 6. The Balaban J connectivity index is 1.34. The van der Waals surface area contributed by atoms with Crippen molar-refractivity contribution in [2.45, 2.75) is 51.4 Å². The van der Waals surface area contributed by atoms with E-state index in [4.69, 9.17) is 4.42 Å². The zero-order valence-corrected chi connectivity index (χ0v) is 21.1. The van der Waals surface area contributed by atoms with Crippen LogP contribution >= 0.6 is 11.8 Å². The number of ketones is 1. The average molecular weight is 490 g/mol. The zero-order chi connectivity index (χ0) is 24.2. The number of hydrogen-bond donors (Lipinski definition) is 0. The fourth-order valence-corrected chi connectivity index (χ4v) is 5.60. The van der Waals surface area contributed by atoms with Gasteiger partial charge in [0.2, 0.25) is 0 Å². The van der Waals surface area contributed by atoms with Crippen molar-refractivity contribution in [2.24, 2.45) is 0 Å². The van der Waals surface area contributed by atoms with Crippen LogP contribution in [0.15, 0.2) is 64.4 Å². The molecule has 0 saturated carbocycles. The smallest absolute Gasteiger partial charge is 0.196 e. The van der Waals surface area contributed by atoms with Crippen molar-refractivity contribution in [3.05, 3.63) is 83.3 Å². The van der Waals surface area contributed by atoms with E-state index in [-0.39, 0.29) is 5.78 Å². The number of aryl methyl sites for hydroxylation is 1. The van der Waals surface area contributed by atoms with Crippen LogP contribution in [0.1, 0.15) is 52.6 Å². The van der Waals surface area contributed by atoms with Crippen molar-refractivity contribution in [1.82, 2.24) is 24.2 Å². The molecule has 4 aromatic rings. The molecular weight excluding hydrogens is 458 g/mol. The number of rotatable bonds is 9. The molecule has 7 nitrogen and oxygen atoms in total. The molecule has 8 heteroatoms. The Bertz CT molecular complexity index is 1270. The second-order valence-electron chi connectivity index (χ2n) is 9.07. The third-order valence-corrected chi connectivity index (χ3v) is 7.56. The summed E-state index contributed by atoms with van der Waals surface area (Å²) in [7, 11) is 0. The molecule has 1 aromatic carbocycles.